The number of carbonyl (C=O) groups is 1. The largest absolute Gasteiger partial charge is 0.496 e. The summed E-state index contributed by atoms with van der Waals surface area (Å²) in [6.07, 6.45) is 3.22. The Labute approximate surface area is 162 Å². The van der Waals surface area contributed by atoms with Gasteiger partial charge in [-0.15, -0.1) is 0 Å². The number of methoxy groups -OCH3 is 1. The molecule has 1 fully saturated rings. The van der Waals surface area contributed by atoms with Gasteiger partial charge in [-0.2, -0.15) is 0 Å². The molecule has 0 spiro atoms. The summed E-state index contributed by atoms with van der Waals surface area (Å²) >= 11 is 0. The van der Waals surface area contributed by atoms with Crippen LogP contribution in [0.3, 0.4) is 0 Å². The molecule has 4 nitrogen and oxygen atoms in total. The summed E-state index contributed by atoms with van der Waals surface area (Å²) in [7, 11) is 1.64. The molecule has 0 unspecified atom stereocenters. The average Bonchev–Trinajstić information content (AvgIpc) is 2.73. The molecule has 1 saturated heterocycles. The van der Waals surface area contributed by atoms with Crippen molar-refractivity contribution in [3.05, 3.63) is 65.2 Å². The minimum absolute atomic E-state index is 0.105. The van der Waals surface area contributed by atoms with Crippen LogP contribution in [0.15, 0.2) is 48.5 Å². The fraction of sp³-hybridized carbons (Fsp3) is 0.435. The van der Waals surface area contributed by atoms with Gasteiger partial charge in [0, 0.05) is 30.8 Å². The summed E-state index contributed by atoms with van der Waals surface area (Å²) < 4.78 is 10.9. The number of ether oxygens (including phenoxy) is 2. The molecule has 144 valence electrons. The van der Waals surface area contributed by atoms with Crippen molar-refractivity contribution in [1.82, 2.24) is 4.90 Å². The third-order valence-corrected chi connectivity index (χ3v) is 5.26. The van der Waals surface area contributed by atoms with E-state index in [0.29, 0.717) is 24.7 Å². The first-order chi connectivity index (χ1) is 13.2. The van der Waals surface area contributed by atoms with Gasteiger partial charge in [-0.05, 0) is 55.9 Å². The van der Waals surface area contributed by atoms with Crippen LogP contribution in [0.4, 0.5) is 0 Å². The van der Waals surface area contributed by atoms with Gasteiger partial charge < -0.3 is 14.4 Å². The van der Waals surface area contributed by atoms with E-state index in [1.807, 2.05) is 30.0 Å². The zero-order chi connectivity index (χ0) is 19.1. The van der Waals surface area contributed by atoms with Crippen molar-refractivity contribution in [3.8, 4) is 5.75 Å². The van der Waals surface area contributed by atoms with Gasteiger partial charge in [0.25, 0.3) is 5.91 Å². The number of carbonyl (C=O) groups excluding carboxylic acids is 1. The maximum absolute atomic E-state index is 12.9. The minimum atomic E-state index is 0.105. The van der Waals surface area contributed by atoms with Crippen LogP contribution < -0.4 is 4.74 Å². The summed E-state index contributed by atoms with van der Waals surface area (Å²) in [6.45, 7) is 4.70. The van der Waals surface area contributed by atoms with E-state index in [4.69, 9.17) is 9.47 Å². The SMILES string of the molecule is CCOCc1cc(C(=O)N2CCC(Cc3ccccc3)CC2)ccc1OC. The molecule has 2 aromatic rings. The maximum Gasteiger partial charge on any atom is 0.253 e. The lowest BCUT2D eigenvalue weighted by Gasteiger charge is -2.32. The molecule has 1 aliphatic heterocycles. The van der Waals surface area contributed by atoms with Crippen molar-refractivity contribution in [3.63, 3.8) is 0 Å². The number of hydrogen-bond donors (Lipinski definition) is 0. The highest BCUT2D eigenvalue weighted by Gasteiger charge is 2.24. The molecule has 27 heavy (non-hydrogen) atoms. The Morgan fingerprint density at radius 2 is 1.85 bits per heavy atom. The molecule has 3 rings (SSSR count). The average molecular weight is 367 g/mol. The van der Waals surface area contributed by atoms with Crippen molar-refractivity contribution in [2.45, 2.75) is 32.8 Å². The normalized spacial score (nSPS) is 15.0. The number of amides is 1. The van der Waals surface area contributed by atoms with E-state index >= 15 is 0 Å². The Bertz CT molecular complexity index is 737. The van der Waals surface area contributed by atoms with Gasteiger partial charge in [0.1, 0.15) is 5.75 Å². The Balaban J connectivity index is 1.60. The molecule has 0 atom stereocenters. The number of benzene rings is 2. The molecule has 0 radical (unpaired) electrons. The van der Waals surface area contributed by atoms with E-state index < -0.39 is 0 Å². The van der Waals surface area contributed by atoms with Gasteiger partial charge in [-0.3, -0.25) is 4.79 Å². The lowest BCUT2D eigenvalue weighted by Crippen LogP contribution is -2.39. The summed E-state index contributed by atoms with van der Waals surface area (Å²) in [4.78, 5) is 14.9. The molecular weight excluding hydrogens is 338 g/mol. The maximum atomic E-state index is 12.9. The highest BCUT2D eigenvalue weighted by molar-refractivity contribution is 5.94. The predicted molar refractivity (Wildman–Crippen MR) is 107 cm³/mol. The van der Waals surface area contributed by atoms with E-state index in [0.717, 1.165) is 43.7 Å². The third-order valence-electron chi connectivity index (χ3n) is 5.26. The lowest BCUT2D eigenvalue weighted by molar-refractivity contribution is 0.0690. The van der Waals surface area contributed by atoms with Gasteiger partial charge in [-0.1, -0.05) is 30.3 Å². The highest BCUT2D eigenvalue weighted by Crippen LogP contribution is 2.25. The fourth-order valence-electron chi connectivity index (χ4n) is 3.71. The van der Waals surface area contributed by atoms with E-state index in [2.05, 4.69) is 30.3 Å². The van der Waals surface area contributed by atoms with Crippen LogP contribution in [0.2, 0.25) is 0 Å². The number of hydrogen-bond acceptors (Lipinski definition) is 3. The van der Waals surface area contributed by atoms with Crippen LogP contribution in [0.5, 0.6) is 5.75 Å². The minimum Gasteiger partial charge on any atom is -0.496 e. The van der Waals surface area contributed by atoms with Gasteiger partial charge >= 0.3 is 0 Å². The van der Waals surface area contributed by atoms with Gasteiger partial charge in [0.2, 0.25) is 0 Å². The van der Waals surface area contributed by atoms with E-state index in [1.165, 1.54) is 5.56 Å². The fourth-order valence-corrected chi connectivity index (χ4v) is 3.71. The van der Waals surface area contributed by atoms with Crippen molar-refractivity contribution in [1.29, 1.82) is 0 Å². The zero-order valence-corrected chi connectivity index (χ0v) is 16.3. The second kappa shape index (κ2) is 9.56. The standard InChI is InChI=1S/C23H29NO3/c1-3-27-17-21-16-20(9-10-22(21)26-2)23(25)24-13-11-19(12-14-24)15-18-7-5-4-6-8-18/h4-10,16,19H,3,11-15,17H2,1-2H3. The molecule has 0 aromatic heterocycles. The Kier molecular flexibility index (Phi) is 6.88. The van der Waals surface area contributed by atoms with Crippen molar-refractivity contribution in [2.75, 3.05) is 26.8 Å². The summed E-state index contributed by atoms with van der Waals surface area (Å²) in [5.74, 6) is 1.52. The van der Waals surface area contributed by atoms with E-state index in [1.54, 1.807) is 7.11 Å². The Morgan fingerprint density at radius 1 is 1.11 bits per heavy atom. The molecule has 0 N–H and O–H groups in total. The summed E-state index contributed by atoms with van der Waals surface area (Å²) in [6, 6.07) is 16.3. The van der Waals surface area contributed by atoms with E-state index in [9.17, 15) is 4.79 Å². The molecule has 2 aromatic carbocycles. The lowest BCUT2D eigenvalue weighted by atomic mass is 9.90. The summed E-state index contributed by atoms with van der Waals surface area (Å²) in [5.41, 5.74) is 3.02. The second-order valence-corrected chi connectivity index (χ2v) is 7.09. The van der Waals surface area contributed by atoms with Crippen LogP contribution in [0.25, 0.3) is 0 Å². The molecule has 0 aliphatic carbocycles. The van der Waals surface area contributed by atoms with Crippen LogP contribution in [0, 0.1) is 5.92 Å². The summed E-state index contributed by atoms with van der Waals surface area (Å²) in [5, 5.41) is 0. The Morgan fingerprint density at radius 3 is 2.52 bits per heavy atom. The number of nitrogens with zero attached hydrogens (tertiary/aromatic N) is 1. The van der Waals surface area contributed by atoms with Crippen LogP contribution in [-0.4, -0.2) is 37.6 Å². The van der Waals surface area contributed by atoms with Crippen LogP contribution in [-0.2, 0) is 17.8 Å². The van der Waals surface area contributed by atoms with Crippen LogP contribution in [0.1, 0.15) is 41.3 Å². The molecule has 1 heterocycles. The second-order valence-electron chi connectivity index (χ2n) is 7.09. The third kappa shape index (κ3) is 5.10. The first-order valence-corrected chi connectivity index (χ1v) is 9.79. The smallest absolute Gasteiger partial charge is 0.253 e. The Hall–Kier alpha value is -2.33. The van der Waals surface area contributed by atoms with Gasteiger partial charge in [-0.25, -0.2) is 0 Å². The van der Waals surface area contributed by atoms with Crippen LogP contribution >= 0.6 is 0 Å². The van der Waals surface area contributed by atoms with Gasteiger partial charge in [0.15, 0.2) is 0 Å². The van der Waals surface area contributed by atoms with Crippen molar-refractivity contribution < 1.29 is 14.3 Å². The van der Waals surface area contributed by atoms with Gasteiger partial charge in [0.05, 0.1) is 13.7 Å². The quantitative estimate of drug-likeness (QED) is 0.731. The monoisotopic (exact) mass is 367 g/mol. The van der Waals surface area contributed by atoms with Crippen molar-refractivity contribution in [2.24, 2.45) is 5.92 Å². The topological polar surface area (TPSA) is 38.8 Å². The van der Waals surface area contributed by atoms with Crippen molar-refractivity contribution >= 4 is 5.91 Å². The highest BCUT2D eigenvalue weighted by atomic mass is 16.5. The molecule has 0 bridgehead atoms. The number of rotatable bonds is 7. The molecule has 1 aliphatic rings. The first-order valence-electron chi connectivity index (χ1n) is 9.79. The first kappa shape index (κ1) is 19.4. The zero-order valence-electron chi connectivity index (χ0n) is 16.3. The number of piperidine rings is 1. The molecule has 4 heteroatoms. The number of likely N-dealkylation sites (tertiary alicyclic amines) is 1. The molecular formula is C23H29NO3. The molecule has 0 saturated carbocycles. The predicted octanol–water partition coefficient (Wildman–Crippen LogP) is 4.33. The van der Waals surface area contributed by atoms with E-state index in [-0.39, 0.29) is 5.91 Å². The molecule has 1 amide bonds.